The lowest BCUT2D eigenvalue weighted by Gasteiger charge is -2.47. The van der Waals surface area contributed by atoms with Crippen LogP contribution in [-0.2, 0) is 10.2 Å². The van der Waals surface area contributed by atoms with Crippen LogP contribution in [0.4, 0.5) is 0 Å². The van der Waals surface area contributed by atoms with Crippen molar-refractivity contribution in [3.05, 3.63) is 21.7 Å². The van der Waals surface area contributed by atoms with Gasteiger partial charge < -0.3 is 9.84 Å². The molecular formula is C22H28BrNO3. The molecule has 5 atom stereocenters. The number of ether oxygens (including phenoxy) is 1. The average Bonchev–Trinajstić information content (AvgIpc) is 3.33. The van der Waals surface area contributed by atoms with Crippen LogP contribution < -0.4 is 4.74 Å². The highest BCUT2D eigenvalue weighted by Gasteiger charge is 2.66. The van der Waals surface area contributed by atoms with Crippen molar-refractivity contribution in [2.45, 2.75) is 69.4 Å². The largest absolute Gasteiger partial charge is 0.504 e. The number of ketones is 1. The molecule has 146 valence electrons. The van der Waals surface area contributed by atoms with Gasteiger partial charge in [0.15, 0.2) is 11.5 Å². The van der Waals surface area contributed by atoms with Crippen LogP contribution in [0.15, 0.2) is 10.5 Å². The predicted molar refractivity (Wildman–Crippen MR) is 107 cm³/mol. The number of Topliss-reactive ketones (excluding diaryl/α,β-unsaturated/α-hetero) is 1. The third-order valence-corrected chi connectivity index (χ3v) is 8.59. The topological polar surface area (TPSA) is 49.5 Å². The summed E-state index contributed by atoms with van der Waals surface area (Å²) in [5.74, 6) is 2.37. The fraction of sp³-hybridized carbons (Fsp3) is 0.682. The Morgan fingerprint density at radius 1 is 1.37 bits per heavy atom. The summed E-state index contributed by atoms with van der Waals surface area (Å²) in [5.41, 5.74) is 1.94. The summed E-state index contributed by atoms with van der Waals surface area (Å²) in [6.45, 7) is 3.35. The fourth-order valence-electron chi connectivity index (χ4n) is 6.37. The summed E-state index contributed by atoms with van der Waals surface area (Å²) in [6, 6.07) is 2.80. The fourth-order valence-corrected chi connectivity index (χ4v) is 7.01. The molecule has 1 aliphatic heterocycles. The lowest BCUT2D eigenvalue weighted by Crippen LogP contribution is -2.47. The number of hydrogen-bond acceptors (Lipinski definition) is 4. The molecule has 3 fully saturated rings. The summed E-state index contributed by atoms with van der Waals surface area (Å²) in [6.07, 6.45) is 7.12. The number of hydrogen-bond donors (Lipinski definition) is 1. The Bertz CT molecular complexity index is 805. The van der Waals surface area contributed by atoms with Crippen molar-refractivity contribution in [1.29, 1.82) is 0 Å². The first-order valence-corrected chi connectivity index (χ1v) is 11.2. The summed E-state index contributed by atoms with van der Waals surface area (Å²) in [7, 11) is 1.60. The molecule has 0 radical (unpaired) electrons. The van der Waals surface area contributed by atoms with Crippen molar-refractivity contribution >= 4 is 21.7 Å². The van der Waals surface area contributed by atoms with Crippen molar-refractivity contribution in [2.24, 2.45) is 11.8 Å². The number of methoxy groups -OCH3 is 1. The lowest BCUT2D eigenvalue weighted by atomic mass is 9.55. The number of fused-ring (bicyclic) bond motifs is 6. The minimum atomic E-state index is -0.263. The summed E-state index contributed by atoms with van der Waals surface area (Å²) in [4.78, 5) is 15.2. The molecule has 0 spiro atoms. The Morgan fingerprint density at radius 3 is 2.78 bits per heavy atom. The molecule has 4 nitrogen and oxygen atoms in total. The molecule has 5 rings (SSSR count). The van der Waals surface area contributed by atoms with Gasteiger partial charge in [-0.2, -0.15) is 0 Å². The van der Waals surface area contributed by atoms with Crippen molar-refractivity contribution in [3.8, 4) is 11.5 Å². The Balaban J connectivity index is 1.67. The van der Waals surface area contributed by atoms with Gasteiger partial charge in [-0.25, -0.2) is 0 Å². The molecule has 1 N–H and O–H groups in total. The Labute approximate surface area is 169 Å². The van der Waals surface area contributed by atoms with Crippen molar-refractivity contribution < 1.29 is 14.6 Å². The van der Waals surface area contributed by atoms with Gasteiger partial charge in [-0.1, -0.05) is 29.3 Å². The zero-order valence-electron chi connectivity index (χ0n) is 16.1. The molecular weight excluding hydrogens is 406 g/mol. The van der Waals surface area contributed by atoms with E-state index < -0.39 is 0 Å². The van der Waals surface area contributed by atoms with Gasteiger partial charge in [0.25, 0.3) is 0 Å². The summed E-state index contributed by atoms with van der Waals surface area (Å²) in [5, 5.41) is 11.2. The van der Waals surface area contributed by atoms with E-state index in [1.54, 1.807) is 7.11 Å². The van der Waals surface area contributed by atoms with Gasteiger partial charge in [-0.05, 0) is 49.1 Å². The number of carbonyl (C=O) groups excluding carboxylic acids is 1. The molecule has 2 saturated carbocycles. The molecule has 1 aromatic rings. The van der Waals surface area contributed by atoms with Gasteiger partial charge in [-0.3, -0.25) is 9.69 Å². The third kappa shape index (κ3) is 2.40. The van der Waals surface area contributed by atoms with Gasteiger partial charge in [0, 0.05) is 40.9 Å². The van der Waals surface area contributed by atoms with Crippen LogP contribution in [0, 0.1) is 11.8 Å². The highest BCUT2D eigenvalue weighted by molar-refractivity contribution is 9.10. The van der Waals surface area contributed by atoms with E-state index in [-0.39, 0.29) is 11.2 Å². The highest BCUT2D eigenvalue weighted by Crippen LogP contribution is 2.67. The van der Waals surface area contributed by atoms with Crippen molar-refractivity contribution in [2.75, 3.05) is 13.7 Å². The van der Waals surface area contributed by atoms with E-state index in [2.05, 4.69) is 27.8 Å². The van der Waals surface area contributed by atoms with Crippen LogP contribution in [0.3, 0.4) is 0 Å². The van der Waals surface area contributed by atoms with Crippen LogP contribution in [0.25, 0.3) is 0 Å². The monoisotopic (exact) mass is 433 g/mol. The highest BCUT2D eigenvalue weighted by atomic mass is 79.9. The number of benzene rings is 1. The normalized spacial score (nSPS) is 37.1. The maximum atomic E-state index is 12.5. The molecule has 4 aliphatic rings. The quantitative estimate of drug-likeness (QED) is 0.697. The first-order valence-electron chi connectivity index (χ1n) is 10.4. The summed E-state index contributed by atoms with van der Waals surface area (Å²) < 4.78 is 6.49. The number of carbonyl (C=O) groups is 1. The van der Waals surface area contributed by atoms with Gasteiger partial charge in [-0.15, -0.1) is 0 Å². The van der Waals surface area contributed by atoms with Crippen molar-refractivity contribution in [3.63, 3.8) is 0 Å². The number of phenols is 1. The molecule has 5 heteroatoms. The Morgan fingerprint density at radius 2 is 2.15 bits per heavy atom. The smallest absolute Gasteiger partial charge is 0.161 e. The lowest BCUT2D eigenvalue weighted by molar-refractivity contribution is -0.124. The van der Waals surface area contributed by atoms with Crippen LogP contribution in [0.5, 0.6) is 11.5 Å². The molecule has 1 heterocycles. The molecule has 0 amide bonds. The van der Waals surface area contributed by atoms with Gasteiger partial charge in [0.05, 0.1) is 13.2 Å². The molecule has 1 saturated heterocycles. The summed E-state index contributed by atoms with van der Waals surface area (Å²) >= 11 is 3.78. The molecule has 27 heavy (non-hydrogen) atoms. The number of aromatic hydroxyl groups is 1. The first-order chi connectivity index (χ1) is 13.0. The maximum absolute atomic E-state index is 12.5. The second-order valence-corrected chi connectivity index (χ2v) is 9.85. The van der Waals surface area contributed by atoms with Crippen LogP contribution in [-0.4, -0.2) is 35.5 Å². The number of phenolic OH excluding ortho intramolecular Hbond substituents is 1. The Kier molecular flexibility index (Phi) is 4.14. The zero-order chi connectivity index (χ0) is 18.9. The predicted octanol–water partition coefficient (Wildman–Crippen LogP) is 4.72. The first kappa shape index (κ1) is 18.0. The average molecular weight is 434 g/mol. The van der Waals surface area contributed by atoms with E-state index in [4.69, 9.17) is 4.74 Å². The zero-order valence-corrected chi connectivity index (χ0v) is 17.7. The van der Waals surface area contributed by atoms with E-state index in [9.17, 15) is 9.90 Å². The SMILES string of the molecule is CC[C@@]12CC(=O)CCC1C1C(c3c(Br)cc(OC)c(O)c32)N1CC1CCC1. The van der Waals surface area contributed by atoms with Crippen molar-refractivity contribution in [1.82, 2.24) is 4.90 Å². The van der Waals surface area contributed by atoms with E-state index in [0.29, 0.717) is 42.4 Å². The molecule has 0 aromatic heterocycles. The number of halogens is 1. The van der Waals surface area contributed by atoms with Crippen LogP contribution in [0.2, 0.25) is 0 Å². The third-order valence-electron chi connectivity index (χ3n) is 7.94. The minimum absolute atomic E-state index is 0.256. The Hall–Kier alpha value is -1.07. The van der Waals surface area contributed by atoms with E-state index in [1.165, 1.54) is 24.8 Å². The van der Waals surface area contributed by atoms with Gasteiger partial charge in [0.1, 0.15) is 5.78 Å². The van der Waals surface area contributed by atoms with E-state index in [0.717, 1.165) is 35.3 Å². The maximum Gasteiger partial charge on any atom is 0.161 e. The van der Waals surface area contributed by atoms with E-state index >= 15 is 0 Å². The van der Waals surface area contributed by atoms with Crippen LogP contribution in [0.1, 0.15) is 69.0 Å². The number of rotatable bonds is 4. The molecule has 1 aromatic carbocycles. The second-order valence-electron chi connectivity index (χ2n) is 9.00. The van der Waals surface area contributed by atoms with E-state index in [1.807, 2.05) is 6.07 Å². The van der Waals surface area contributed by atoms with Gasteiger partial charge >= 0.3 is 0 Å². The number of nitrogens with zero attached hydrogens (tertiary/aromatic N) is 1. The molecule has 0 bridgehead atoms. The minimum Gasteiger partial charge on any atom is -0.504 e. The van der Waals surface area contributed by atoms with Crippen LogP contribution >= 0.6 is 15.9 Å². The molecule has 3 aliphatic carbocycles. The second kappa shape index (κ2) is 6.21. The van der Waals surface area contributed by atoms with Gasteiger partial charge in [0.2, 0.25) is 0 Å². The standard InChI is InChI=1S/C22H28BrNO3/c1-3-22-10-13(25)7-8-14(22)19-20(24(19)11-12-5-4-6-12)17-15(23)9-16(27-2)21(26)18(17)22/h9,12,14,19-20,26H,3-8,10-11H2,1-2H3/t14?,19?,20?,22-,24?/m1/s1. The molecule has 4 unspecified atom stereocenters.